The molecule has 0 fully saturated rings. The number of hydrogen-bond acceptors (Lipinski definition) is 3. The van der Waals surface area contributed by atoms with Crippen molar-refractivity contribution < 1.29 is 0 Å². The topological polar surface area (TPSA) is 30.2 Å². The molecular weight excluding hydrogens is 302 g/mol. The summed E-state index contributed by atoms with van der Waals surface area (Å²) in [6.45, 7) is 6.53. The molecular formula is C16H16ClN3S. The first kappa shape index (κ1) is 14.4. The maximum absolute atomic E-state index is 6.59. The highest BCUT2D eigenvalue weighted by atomic mass is 35.5. The third-order valence-electron chi connectivity index (χ3n) is 2.91. The molecule has 5 heteroatoms. The quantitative estimate of drug-likeness (QED) is 0.627. The highest BCUT2D eigenvalue weighted by molar-refractivity contribution is 8.00. The van der Waals surface area contributed by atoms with Crippen LogP contribution in [-0.2, 0) is 0 Å². The maximum Gasteiger partial charge on any atom is 0.155 e. The minimum absolute atomic E-state index is 0.116. The van der Waals surface area contributed by atoms with E-state index in [9.17, 15) is 0 Å². The van der Waals surface area contributed by atoms with E-state index in [4.69, 9.17) is 11.6 Å². The lowest BCUT2D eigenvalue weighted by Crippen LogP contribution is -2.06. The standard InChI is InChI=1S/C16H16ClN3S/c1-16(2,3)21-13-6-4-5-11(15(13)17)12-8-10-20-14(19-12)7-9-18-20/h4-10H,1-3H3. The number of hydrogen-bond donors (Lipinski definition) is 0. The summed E-state index contributed by atoms with van der Waals surface area (Å²) in [4.78, 5) is 5.69. The van der Waals surface area contributed by atoms with E-state index < -0.39 is 0 Å². The molecule has 3 rings (SSSR count). The van der Waals surface area contributed by atoms with Gasteiger partial charge in [0.15, 0.2) is 5.65 Å². The Morgan fingerprint density at radius 2 is 1.95 bits per heavy atom. The molecule has 0 N–H and O–H groups in total. The Balaban J connectivity index is 2.07. The second-order valence-corrected chi connectivity index (χ2v) is 8.03. The van der Waals surface area contributed by atoms with Crippen LogP contribution in [0.3, 0.4) is 0 Å². The van der Waals surface area contributed by atoms with Gasteiger partial charge in [-0.3, -0.25) is 0 Å². The molecule has 2 heterocycles. The number of halogens is 1. The van der Waals surface area contributed by atoms with E-state index in [0.29, 0.717) is 0 Å². The number of fused-ring (bicyclic) bond motifs is 1. The average molecular weight is 318 g/mol. The first-order valence-corrected chi connectivity index (χ1v) is 7.92. The molecule has 108 valence electrons. The Labute approximate surface area is 133 Å². The van der Waals surface area contributed by atoms with Gasteiger partial charge in [-0.2, -0.15) is 5.10 Å². The van der Waals surface area contributed by atoms with E-state index in [0.717, 1.165) is 26.8 Å². The van der Waals surface area contributed by atoms with Crippen LogP contribution in [0.2, 0.25) is 5.02 Å². The van der Waals surface area contributed by atoms with Gasteiger partial charge in [-0.15, -0.1) is 11.8 Å². The third-order valence-corrected chi connectivity index (χ3v) is 4.61. The minimum Gasteiger partial charge on any atom is -0.228 e. The maximum atomic E-state index is 6.59. The van der Waals surface area contributed by atoms with Crippen molar-refractivity contribution in [2.45, 2.75) is 30.4 Å². The second kappa shape index (κ2) is 5.35. The number of nitrogens with zero attached hydrogens (tertiary/aromatic N) is 3. The SMILES string of the molecule is CC(C)(C)Sc1cccc(-c2ccn3nccc3n2)c1Cl. The molecule has 3 nitrogen and oxygen atoms in total. The van der Waals surface area contributed by atoms with Crippen molar-refractivity contribution in [3.05, 3.63) is 47.7 Å². The zero-order chi connectivity index (χ0) is 15.0. The molecule has 0 bridgehead atoms. The third kappa shape index (κ3) is 3.06. The second-order valence-electron chi connectivity index (χ2n) is 5.78. The summed E-state index contributed by atoms with van der Waals surface area (Å²) in [6, 6.07) is 9.90. The predicted molar refractivity (Wildman–Crippen MR) is 89.0 cm³/mol. The van der Waals surface area contributed by atoms with Crippen molar-refractivity contribution in [2.75, 3.05) is 0 Å². The van der Waals surface area contributed by atoms with Crippen LogP contribution in [0.4, 0.5) is 0 Å². The minimum atomic E-state index is 0.116. The van der Waals surface area contributed by atoms with Crippen LogP contribution >= 0.6 is 23.4 Å². The first-order chi connectivity index (χ1) is 9.94. The van der Waals surface area contributed by atoms with E-state index in [1.165, 1.54) is 0 Å². The average Bonchev–Trinajstić information content (AvgIpc) is 2.87. The monoisotopic (exact) mass is 317 g/mol. The van der Waals surface area contributed by atoms with E-state index in [-0.39, 0.29) is 4.75 Å². The van der Waals surface area contributed by atoms with Crippen LogP contribution in [0, 0.1) is 0 Å². The Morgan fingerprint density at radius 3 is 2.71 bits per heavy atom. The van der Waals surface area contributed by atoms with Crippen molar-refractivity contribution in [3.8, 4) is 11.3 Å². The molecule has 0 aliphatic rings. The Kier molecular flexibility index (Phi) is 3.68. The molecule has 0 radical (unpaired) electrons. The molecule has 0 aliphatic carbocycles. The van der Waals surface area contributed by atoms with Crippen molar-refractivity contribution >= 4 is 29.0 Å². The van der Waals surface area contributed by atoms with Crippen LogP contribution in [0.5, 0.6) is 0 Å². The fraction of sp³-hybridized carbons (Fsp3) is 0.250. The van der Waals surface area contributed by atoms with Crippen molar-refractivity contribution in [2.24, 2.45) is 0 Å². The summed E-state index contributed by atoms with van der Waals surface area (Å²) >= 11 is 8.36. The summed E-state index contributed by atoms with van der Waals surface area (Å²) in [6.07, 6.45) is 3.64. The summed E-state index contributed by atoms with van der Waals surface area (Å²) in [7, 11) is 0. The van der Waals surface area contributed by atoms with Crippen molar-refractivity contribution in [3.63, 3.8) is 0 Å². The van der Waals surface area contributed by atoms with E-state index in [1.807, 2.05) is 30.5 Å². The summed E-state index contributed by atoms with van der Waals surface area (Å²) in [5.41, 5.74) is 2.64. The van der Waals surface area contributed by atoms with E-state index >= 15 is 0 Å². The van der Waals surface area contributed by atoms with Gasteiger partial charge >= 0.3 is 0 Å². The van der Waals surface area contributed by atoms with Gasteiger partial charge in [0.2, 0.25) is 0 Å². The fourth-order valence-electron chi connectivity index (χ4n) is 2.08. The lowest BCUT2D eigenvalue weighted by atomic mass is 10.1. The lowest BCUT2D eigenvalue weighted by Gasteiger charge is -2.19. The number of aromatic nitrogens is 3. The molecule has 2 aromatic heterocycles. The fourth-order valence-corrected chi connectivity index (χ4v) is 3.42. The summed E-state index contributed by atoms with van der Waals surface area (Å²) in [5, 5.41) is 4.92. The number of thioether (sulfide) groups is 1. The van der Waals surface area contributed by atoms with Crippen molar-refractivity contribution in [1.29, 1.82) is 0 Å². The van der Waals surface area contributed by atoms with Crippen molar-refractivity contribution in [1.82, 2.24) is 14.6 Å². The zero-order valence-corrected chi connectivity index (χ0v) is 13.7. The largest absolute Gasteiger partial charge is 0.228 e. The summed E-state index contributed by atoms with van der Waals surface area (Å²) in [5.74, 6) is 0. The summed E-state index contributed by atoms with van der Waals surface area (Å²) < 4.78 is 1.86. The molecule has 0 unspecified atom stereocenters. The Bertz CT molecular complexity index is 790. The molecule has 0 saturated carbocycles. The highest BCUT2D eigenvalue weighted by Crippen LogP contribution is 2.40. The first-order valence-electron chi connectivity index (χ1n) is 6.72. The normalized spacial score (nSPS) is 12.0. The molecule has 1 aromatic carbocycles. The molecule has 0 atom stereocenters. The Morgan fingerprint density at radius 1 is 1.14 bits per heavy atom. The van der Waals surface area contributed by atoms with Gasteiger partial charge in [0.25, 0.3) is 0 Å². The van der Waals surface area contributed by atoms with Gasteiger partial charge in [0.05, 0.1) is 16.9 Å². The van der Waals surface area contributed by atoms with Gasteiger partial charge in [-0.05, 0) is 12.1 Å². The van der Waals surface area contributed by atoms with E-state index in [1.54, 1.807) is 22.5 Å². The molecule has 0 aliphatic heterocycles. The van der Waals surface area contributed by atoms with Gasteiger partial charge < -0.3 is 0 Å². The number of benzene rings is 1. The van der Waals surface area contributed by atoms with E-state index in [2.05, 4.69) is 36.9 Å². The zero-order valence-electron chi connectivity index (χ0n) is 12.2. The lowest BCUT2D eigenvalue weighted by molar-refractivity contribution is 0.803. The van der Waals surface area contributed by atoms with Crippen LogP contribution in [0.15, 0.2) is 47.6 Å². The van der Waals surface area contributed by atoms with Gasteiger partial charge in [0, 0.05) is 27.5 Å². The van der Waals surface area contributed by atoms with Gasteiger partial charge in [-0.1, -0.05) is 44.5 Å². The van der Waals surface area contributed by atoms with Crippen LogP contribution in [0.1, 0.15) is 20.8 Å². The van der Waals surface area contributed by atoms with Crippen LogP contribution in [0.25, 0.3) is 16.9 Å². The van der Waals surface area contributed by atoms with Crippen LogP contribution < -0.4 is 0 Å². The smallest absolute Gasteiger partial charge is 0.155 e. The Hall–Kier alpha value is -1.52. The predicted octanol–water partition coefficient (Wildman–Crippen LogP) is 4.94. The molecule has 0 spiro atoms. The van der Waals surface area contributed by atoms with Gasteiger partial charge in [-0.25, -0.2) is 9.50 Å². The number of rotatable bonds is 2. The molecule has 21 heavy (non-hydrogen) atoms. The molecule has 3 aromatic rings. The highest BCUT2D eigenvalue weighted by Gasteiger charge is 2.17. The van der Waals surface area contributed by atoms with Gasteiger partial charge in [0.1, 0.15) is 0 Å². The van der Waals surface area contributed by atoms with Crippen LogP contribution in [-0.4, -0.2) is 19.3 Å². The molecule has 0 amide bonds. The molecule has 0 saturated heterocycles.